The lowest BCUT2D eigenvalue weighted by atomic mass is 9.83. The topological polar surface area (TPSA) is 67.4 Å². The largest absolute Gasteiger partial charge is 0.376 e. The molecule has 2 saturated carbocycles. The zero-order chi connectivity index (χ0) is 19.2. The Kier molecular flexibility index (Phi) is 6.89. The van der Waals surface area contributed by atoms with Crippen molar-refractivity contribution in [1.29, 1.82) is 0 Å². The highest BCUT2D eigenvalue weighted by Gasteiger charge is 2.37. The number of rotatable bonds is 8. The van der Waals surface area contributed by atoms with Crippen molar-refractivity contribution in [2.24, 2.45) is 5.92 Å². The molecular formula is C22H32N2O3. The van der Waals surface area contributed by atoms with Crippen LogP contribution in [0.2, 0.25) is 0 Å². The van der Waals surface area contributed by atoms with Crippen molar-refractivity contribution in [3.63, 3.8) is 0 Å². The molecule has 0 heterocycles. The Balaban J connectivity index is 1.64. The molecule has 0 unspecified atom stereocenters. The molecule has 0 spiro atoms. The number of nitrogens with one attached hydrogen (secondary N) is 2. The minimum absolute atomic E-state index is 0.0106. The molecule has 0 bridgehead atoms. The molecule has 1 aromatic rings. The summed E-state index contributed by atoms with van der Waals surface area (Å²) in [5.41, 5.74) is 1.79. The molecule has 5 heteroatoms. The van der Waals surface area contributed by atoms with Crippen molar-refractivity contribution in [1.82, 2.24) is 10.6 Å². The van der Waals surface area contributed by atoms with Crippen LogP contribution < -0.4 is 10.6 Å². The molecule has 5 nitrogen and oxygen atoms in total. The Morgan fingerprint density at radius 3 is 2.56 bits per heavy atom. The van der Waals surface area contributed by atoms with Gasteiger partial charge in [-0.25, -0.2) is 0 Å². The van der Waals surface area contributed by atoms with Gasteiger partial charge in [-0.3, -0.25) is 9.59 Å². The molecule has 0 aromatic heterocycles. The molecule has 3 atom stereocenters. The van der Waals surface area contributed by atoms with E-state index in [0.29, 0.717) is 19.1 Å². The third kappa shape index (κ3) is 5.32. The quantitative estimate of drug-likeness (QED) is 0.736. The van der Waals surface area contributed by atoms with Gasteiger partial charge in [-0.05, 0) is 56.6 Å². The first-order valence-electron chi connectivity index (χ1n) is 10.4. The summed E-state index contributed by atoms with van der Waals surface area (Å²) in [7, 11) is 0. The molecule has 0 aliphatic heterocycles. The maximum atomic E-state index is 12.8. The predicted molar refractivity (Wildman–Crippen MR) is 106 cm³/mol. The highest BCUT2D eigenvalue weighted by molar-refractivity contribution is 5.96. The normalized spacial score (nSPS) is 25.0. The summed E-state index contributed by atoms with van der Waals surface area (Å²) in [5, 5.41) is 6.30. The van der Waals surface area contributed by atoms with Crippen molar-refractivity contribution in [2.75, 3.05) is 6.61 Å². The van der Waals surface area contributed by atoms with Crippen LogP contribution in [-0.4, -0.2) is 36.6 Å². The number of carbonyl (C=O) groups is 2. The van der Waals surface area contributed by atoms with Gasteiger partial charge in [-0.1, -0.05) is 32.0 Å². The fourth-order valence-corrected chi connectivity index (χ4v) is 3.83. The van der Waals surface area contributed by atoms with Gasteiger partial charge in [0.05, 0.1) is 12.1 Å². The Morgan fingerprint density at radius 2 is 1.85 bits per heavy atom. The minimum Gasteiger partial charge on any atom is -0.376 e. The van der Waals surface area contributed by atoms with E-state index < -0.39 is 0 Å². The summed E-state index contributed by atoms with van der Waals surface area (Å²) in [6, 6.07) is 8.09. The Labute approximate surface area is 162 Å². The summed E-state index contributed by atoms with van der Waals surface area (Å²) in [6.07, 6.45) is 6.10. The molecule has 0 saturated heterocycles. The van der Waals surface area contributed by atoms with Crippen molar-refractivity contribution in [3.8, 4) is 0 Å². The maximum absolute atomic E-state index is 12.8. The van der Waals surface area contributed by atoms with Gasteiger partial charge >= 0.3 is 0 Å². The van der Waals surface area contributed by atoms with Gasteiger partial charge in [0.15, 0.2) is 0 Å². The van der Waals surface area contributed by atoms with Crippen molar-refractivity contribution < 1.29 is 14.3 Å². The van der Waals surface area contributed by atoms with E-state index in [1.165, 1.54) is 0 Å². The number of hydrogen-bond acceptors (Lipinski definition) is 3. The molecule has 0 radical (unpaired) electrons. The van der Waals surface area contributed by atoms with Crippen LogP contribution in [-0.2, 0) is 16.0 Å². The Hall–Kier alpha value is -1.88. The van der Waals surface area contributed by atoms with E-state index in [2.05, 4.69) is 24.5 Å². The van der Waals surface area contributed by atoms with E-state index in [-0.39, 0.29) is 29.9 Å². The molecule has 2 N–H and O–H groups in total. The molecule has 27 heavy (non-hydrogen) atoms. The van der Waals surface area contributed by atoms with Gasteiger partial charge < -0.3 is 15.4 Å². The number of amides is 2. The second kappa shape index (κ2) is 9.36. The van der Waals surface area contributed by atoms with Crippen LogP contribution >= 0.6 is 0 Å². The maximum Gasteiger partial charge on any atom is 0.251 e. The highest BCUT2D eigenvalue weighted by atomic mass is 16.5. The first-order chi connectivity index (χ1) is 13.1. The van der Waals surface area contributed by atoms with Gasteiger partial charge in [-0.15, -0.1) is 0 Å². The van der Waals surface area contributed by atoms with Crippen LogP contribution in [0.25, 0.3) is 0 Å². The number of carbonyl (C=O) groups excluding carboxylic acids is 2. The summed E-state index contributed by atoms with van der Waals surface area (Å²) < 4.78 is 6.04. The molecule has 2 aliphatic carbocycles. The zero-order valence-corrected chi connectivity index (χ0v) is 16.5. The van der Waals surface area contributed by atoms with Crippen molar-refractivity contribution in [2.45, 2.75) is 77.0 Å². The lowest BCUT2D eigenvalue weighted by molar-refractivity contribution is -0.128. The number of benzene rings is 1. The predicted octanol–water partition coefficient (Wildman–Crippen LogP) is 3.22. The fourth-order valence-electron chi connectivity index (χ4n) is 3.83. The number of hydrogen-bond donors (Lipinski definition) is 2. The van der Waals surface area contributed by atoms with Gasteiger partial charge in [-0.2, -0.15) is 0 Å². The lowest BCUT2D eigenvalue weighted by Gasteiger charge is -2.36. The van der Waals surface area contributed by atoms with Gasteiger partial charge in [0.25, 0.3) is 5.91 Å². The summed E-state index contributed by atoms with van der Waals surface area (Å²) in [4.78, 5) is 25.3. The molecular weight excluding hydrogens is 340 g/mol. The third-order valence-electron chi connectivity index (χ3n) is 5.58. The molecule has 148 valence electrons. The zero-order valence-electron chi connectivity index (χ0n) is 16.5. The summed E-state index contributed by atoms with van der Waals surface area (Å²) in [5.74, 6) is 0.107. The van der Waals surface area contributed by atoms with Crippen molar-refractivity contribution in [3.05, 3.63) is 35.4 Å². The van der Waals surface area contributed by atoms with Crippen LogP contribution in [0.5, 0.6) is 0 Å². The second-order valence-corrected chi connectivity index (χ2v) is 7.79. The van der Waals surface area contributed by atoms with Crippen molar-refractivity contribution >= 4 is 11.8 Å². The Bertz CT molecular complexity index is 657. The van der Waals surface area contributed by atoms with Crippen LogP contribution in [0.1, 0.15) is 68.3 Å². The number of aryl methyl sites for hydroxylation is 1. The number of ether oxygens (including phenoxy) is 1. The standard InChI is InChI=1S/C22H32N2O3/c1-3-13-27-20-14-16(21(25)23-17-10-11-17)9-12-19(20)24-22(26)18-8-6-5-7-15(18)4-2/h5-8,16-17,19-20H,3-4,9-14H2,1-2H3,(H,23,25)(H,24,26)/t16-,19-,20-/m0/s1. The third-order valence-corrected chi connectivity index (χ3v) is 5.58. The van der Waals surface area contributed by atoms with Gasteiger partial charge in [0, 0.05) is 24.1 Å². The van der Waals surface area contributed by atoms with Crippen LogP contribution in [0.15, 0.2) is 24.3 Å². The summed E-state index contributed by atoms with van der Waals surface area (Å²) in [6.45, 7) is 4.79. The van der Waals surface area contributed by atoms with E-state index in [4.69, 9.17) is 4.74 Å². The Morgan fingerprint density at radius 1 is 1.07 bits per heavy atom. The average Bonchev–Trinajstić information content (AvgIpc) is 3.50. The van der Waals surface area contributed by atoms with Crippen LogP contribution in [0.4, 0.5) is 0 Å². The van der Waals surface area contributed by atoms with E-state index in [0.717, 1.165) is 49.7 Å². The monoisotopic (exact) mass is 372 g/mol. The van der Waals surface area contributed by atoms with E-state index in [9.17, 15) is 9.59 Å². The summed E-state index contributed by atoms with van der Waals surface area (Å²) >= 11 is 0. The second-order valence-electron chi connectivity index (χ2n) is 7.79. The average molecular weight is 373 g/mol. The molecule has 2 aliphatic rings. The molecule has 2 fully saturated rings. The van der Waals surface area contributed by atoms with Crippen LogP contribution in [0, 0.1) is 5.92 Å². The first kappa shape index (κ1) is 19.9. The fraction of sp³-hybridized carbons (Fsp3) is 0.636. The SMILES string of the molecule is CCCO[C@H]1C[C@@H](C(=O)NC2CC2)CC[C@@H]1NC(=O)c1ccccc1CC. The van der Waals surface area contributed by atoms with E-state index in [1.807, 2.05) is 24.3 Å². The molecule has 1 aromatic carbocycles. The minimum atomic E-state index is -0.105. The smallest absolute Gasteiger partial charge is 0.251 e. The van der Waals surface area contributed by atoms with Gasteiger partial charge in [0.1, 0.15) is 0 Å². The highest BCUT2D eigenvalue weighted by Crippen LogP contribution is 2.29. The van der Waals surface area contributed by atoms with Gasteiger partial charge in [0.2, 0.25) is 5.91 Å². The molecule has 3 rings (SSSR count). The van der Waals surface area contributed by atoms with E-state index in [1.54, 1.807) is 0 Å². The van der Waals surface area contributed by atoms with Crippen LogP contribution in [0.3, 0.4) is 0 Å². The lowest BCUT2D eigenvalue weighted by Crippen LogP contribution is -2.50. The van der Waals surface area contributed by atoms with E-state index >= 15 is 0 Å². The first-order valence-corrected chi connectivity index (χ1v) is 10.4. The molecule has 2 amide bonds.